The van der Waals surface area contributed by atoms with Crippen molar-refractivity contribution >= 4 is 11.4 Å². The first-order valence-electron chi connectivity index (χ1n) is 7.88. The third-order valence-electron chi connectivity index (χ3n) is 3.63. The molecule has 0 bridgehead atoms. The first kappa shape index (κ1) is 16.1. The van der Waals surface area contributed by atoms with Gasteiger partial charge in [0.15, 0.2) is 0 Å². The van der Waals surface area contributed by atoms with E-state index in [-0.39, 0.29) is 0 Å². The van der Waals surface area contributed by atoms with Crippen LogP contribution in [-0.2, 0) is 0 Å². The standard InChI is InChI=1S/C19H25N3/c1-5-7-12-16(11-6-2)18-15(3)19(20-4)22(21-18)17-13-9-8-10-14-17/h6,8-14,20H,5,7H2,1-4H3/b11-6-,16-12+. The second-order valence-corrected chi connectivity index (χ2v) is 5.27. The number of hydrogen-bond acceptors (Lipinski definition) is 2. The van der Waals surface area contributed by atoms with Crippen LogP contribution in [-0.4, -0.2) is 16.8 Å². The highest BCUT2D eigenvalue weighted by atomic mass is 15.3. The lowest BCUT2D eigenvalue weighted by Gasteiger charge is -2.06. The van der Waals surface area contributed by atoms with Crippen molar-refractivity contribution in [1.82, 2.24) is 9.78 Å². The zero-order valence-electron chi connectivity index (χ0n) is 13.9. The lowest BCUT2D eigenvalue weighted by molar-refractivity contribution is 0.877. The third-order valence-corrected chi connectivity index (χ3v) is 3.63. The fourth-order valence-electron chi connectivity index (χ4n) is 2.54. The molecule has 0 saturated carbocycles. The Morgan fingerprint density at radius 1 is 1.27 bits per heavy atom. The molecule has 3 heteroatoms. The average molecular weight is 295 g/mol. The molecular weight excluding hydrogens is 270 g/mol. The van der Waals surface area contributed by atoms with Gasteiger partial charge in [-0.2, -0.15) is 5.10 Å². The number of allylic oxidation sites excluding steroid dienone is 4. The lowest BCUT2D eigenvalue weighted by Crippen LogP contribution is -2.02. The van der Waals surface area contributed by atoms with Crippen molar-refractivity contribution in [2.45, 2.75) is 33.6 Å². The van der Waals surface area contributed by atoms with Gasteiger partial charge in [-0.3, -0.25) is 0 Å². The van der Waals surface area contributed by atoms with Crippen LogP contribution in [0.1, 0.15) is 37.9 Å². The van der Waals surface area contributed by atoms with Gasteiger partial charge >= 0.3 is 0 Å². The number of hydrogen-bond donors (Lipinski definition) is 1. The van der Waals surface area contributed by atoms with E-state index < -0.39 is 0 Å². The van der Waals surface area contributed by atoms with Gasteiger partial charge in [0.1, 0.15) is 5.82 Å². The summed E-state index contributed by atoms with van der Waals surface area (Å²) in [7, 11) is 1.94. The van der Waals surface area contributed by atoms with Gasteiger partial charge in [-0.25, -0.2) is 4.68 Å². The number of anilines is 1. The second kappa shape index (κ2) is 7.64. The van der Waals surface area contributed by atoms with Crippen molar-refractivity contribution in [3.8, 4) is 5.69 Å². The van der Waals surface area contributed by atoms with E-state index in [1.807, 2.05) is 36.9 Å². The zero-order valence-corrected chi connectivity index (χ0v) is 13.9. The van der Waals surface area contributed by atoms with E-state index in [1.165, 1.54) is 11.1 Å². The molecule has 0 aliphatic heterocycles. The molecule has 0 amide bonds. The van der Waals surface area contributed by atoms with Gasteiger partial charge in [0, 0.05) is 12.6 Å². The number of nitrogens with zero attached hydrogens (tertiary/aromatic N) is 2. The minimum absolute atomic E-state index is 1.04. The van der Waals surface area contributed by atoms with E-state index in [9.17, 15) is 0 Å². The SMILES string of the molecule is C/C=C\C(=C/CCC)c1nn(-c2ccccc2)c(NC)c1C. The van der Waals surface area contributed by atoms with Crippen molar-refractivity contribution in [3.05, 3.63) is 59.8 Å². The van der Waals surface area contributed by atoms with Crippen molar-refractivity contribution < 1.29 is 0 Å². The zero-order chi connectivity index (χ0) is 15.9. The van der Waals surface area contributed by atoms with Crippen LogP contribution in [0.5, 0.6) is 0 Å². The Kier molecular flexibility index (Phi) is 5.59. The van der Waals surface area contributed by atoms with Crippen molar-refractivity contribution in [2.24, 2.45) is 0 Å². The summed E-state index contributed by atoms with van der Waals surface area (Å²) in [5.41, 5.74) is 4.47. The maximum atomic E-state index is 4.86. The molecule has 2 aromatic rings. The number of rotatable bonds is 6. The molecule has 0 fully saturated rings. The molecule has 22 heavy (non-hydrogen) atoms. The fraction of sp³-hybridized carbons (Fsp3) is 0.316. The summed E-state index contributed by atoms with van der Waals surface area (Å²) in [6.07, 6.45) is 8.68. The molecule has 0 aliphatic rings. The topological polar surface area (TPSA) is 29.9 Å². The number of aromatic nitrogens is 2. The van der Waals surface area contributed by atoms with E-state index in [2.05, 4.69) is 49.5 Å². The number of benzene rings is 1. The minimum atomic E-state index is 1.04. The summed E-state index contributed by atoms with van der Waals surface area (Å²) in [5.74, 6) is 1.04. The molecule has 1 heterocycles. The molecule has 0 spiro atoms. The van der Waals surface area contributed by atoms with Crippen LogP contribution in [0.4, 0.5) is 5.82 Å². The molecule has 0 saturated heterocycles. The summed E-state index contributed by atoms with van der Waals surface area (Å²) in [6, 6.07) is 10.2. The first-order chi connectivity index (χ1) is 10.7. The highest BCUT2D eigenvalue weighted by Crippen LogP contribution is 2.28. The normalized spacial score (nSPS) is 12.1. The fourth-order valence-corrected chi connectivity index (χ4v) is 2.54. The Balaban J connectivity index is 2.56. The number of para-hydroxylation sites is 1. The number of nitrogens with one attached hydrogen (secondary N) is 1. The summed E-state index contributed by atoms with van der Waals surface area (Å²) in [4.78, 5) is 0. The van der Waals surface area contributed by atoms with E-state index in [1.54, 1.807) is 0 Å². The van der Waals surface area contributed by atoms with Crippen LogP contribution in [0.2, 0.25) is 0 Å². The molecule has 116 valence electrons. The van der Waals surface area contributed by atoms with Crippen molar-refractivity contribution in [3.63, 3.8) is 0 Å². The summed E-state index contributed by atoms with van der Waals surface area (Å²) >= 11 is 0. The van der Waals surface area contributed by atoms with Gasteiger partial charge in [0.2, 0.25) is 0 Å². The maximum absolute atomic E-state index is 4.86. The van der Waals surface area contributed by atoms with E-state index >= 15 is 0 Å². The molecule has 3 nitrogen and oxygen atoms in total. The third kappa shape index (κ3) is 3.30. The molecule has 1 aromatic carbocycles. The van der Waals surface area contributed by atoms with Crippen LogP contribution in [0.15, 0.2) is 48.6 Å². The molecule has 0 radical (unpaired) electrons. The van der Waals surface area contributed by atoms with Gasteiger partial charge in [-0.1, -0.05) is 49.8 Å². The quantitative estimate of drug-likeness (QED) is 0.761. The second-order valence-electron chi connectivity index (χ2n) is 5.27. The molecular formula is C19H25N3. The van der Waals surface area contributed by atoms with Crippen LogP contribution in [0.3, 0.4) is 0 Å². The van der Waals surface area contributed by atoms with Crippen LogP contribution >= 0.6 is 0 Å². The smallest absolute Gasteiger partial charge is 0.133 e. The Hall–Kier alpha value is -2.29. The van der Waals surface area contributed by atoms with Crippen LogP contribution < -0.4 is 5.32 Å². The largest absolute Gasteiger partial charge is 0.373 e. The molecule has 0 unspecified atom stereocenters. The summed E-state index contributed by atoms with van der Waals surface area (Å²) in [5, 5.41) is 8.14. The Bertz CT molecular complexity index is 663. The van der Waals surface area contributed by atoms with E-state index in [0.717, 1.165) is 30.0 Å². The average Bonchev–Trinajstić information content (AvgIpc) is 2.89. The molecule has 1 aromatic heterocycles. The molecule has 0 aliphatic carbocycles. The van der Waals surface area contributed by atoms with Crippen LogP contribution in [0.25, 0.3) is 11.3 Å². The Labute approximate surface area is 133 Å². The highest BCUT2D eigenvalue weighted by molar-refractivity contribution is 5.76. The summed E-state index contributed by atoms with van der Waals surface area (Å²) < 4.78 is 1.98. The Morgan fingerprint density at radius 3 is 2.59 bits per heavy atom. The summed E-state index contributed by atoms with van der Waals surface area (Å²) in [6.45, 7) is 6.36. The van der Waals surface area contributed by atoms with Gasteiger partial charge in [0.05, 0.1) is 11.4 Å². The Morgan fingerprint density at radius 2 is 2.00 bits per heavy atom. The van der Waals surface area contributed by atoms with Crippen molar-refractivity contribution in [2.75, 3.05) is 12.4 Å². The highest BCUT2D eigenvalue weighted by Gasteiger charge is 2.16. The first-order valence-corrected chi connectivity index (χ1v) is 7.88. The van der Waals surface area contributed by atoms with E-state index in [0.29, 0.717) is 0 Å². The lowest BCUT2D eigenvalue weighted by atomic mass is 10.1. The molecule has 0 atom stereocenters. The molecule has 2 rings (SSSR count). The van der Waals surface area contributed by atoms with Gasteiger partial charge in [0.25, 0.3) is 0 Å². The van der Waals surface area contributed by atoms with E-state index in [4.69, 9.17) is 5.10 Å². The van der Waals surface area contributed by atoms with Crippen molar-refractivity contribution in [1.29, 1.82) is 0 Å². The maximum Gasteiger partial charge on any atom is 0.133 e. The monoisotopic (exact) mass is 295 g/mol. The van der Waals surface area contributed by atoms with Crippen LogP contribution in [0, 0.1) is 6.92 Å². The minimum Gasteiger partial charge on any atom is -0.373 e. The predicted octanol–water partition coefficient (Wildman–Crippen LogP) is 4.98. The van der Waals surface area contributed by atoms with Gasteiger partial charge < -0.3 is 5.32 Å². The predicted molar refractivity (Wildman–Crippen MR) is 95.5 cm³/mol. The molecule has 1 N–H and O–H groups in total. The number of unbranched alkanes of at least 4 members (excludes halogenated alkanes) is 1. The van der Waals surface area contributed by atoms with Gasteiger partial charge in [-0.15, -0.1) is 0 Å². The van der Waals surface area contributed by atoms with Gasteiger partial charge in [-0.05, 0) is 38.0 Å².